The number of hydrogen-bond acceptors (Lipinski definition) is 2. The highest BCUT2D eigenvalue weighted by atomic mass is 16.5. The van der Waals surface area contributed by atoms with Gasteiger partial charge in [0.05, 0.1) is 6.61 Å². The Morgan fingerprint density at radius 3 is 3.13 bits per heavy atom. The summed E-state index contributed by atoms with van der Waals surface area (Å²) in [5.74, 6) is -0.0581. The molecule has 2 N–H and O–H groups in total. The average Bonchev–Trinajstić information content (AvgIpc) is 2.82. The van der Waals surface area contributed by atoms with Crippen LogP contribution in [0.15, 0.2) is 18.2 Å². The smallest absolute Gasteiger partial charge is 0.352 e. The van der Waals surface area contributed by atoms with E-state index in [0.717, 1.165) is 28.6 Å². The number of ether oxygens (including phenoxy) is 1. The van der Waals surface area contributed by atoms with Crippen LogP contribution in [0.4, 0.5) is 0 Å². The standard InChI is InChI=1S/C11H9NO3/c13-11(14)9-5-7-6-3-4-15-10(6)2-1-8(7)12-9/h1-2,5,12H,3-4H2,(H,13,14). The van der Waals surface area contributed by atoms with Crippen molar-refractivity contribution in [3.05, 3.63) is 29.5 Å². The first kappa shape index (κ1) is 8.35. The average molecular weight is 203 g/mol. The third kappa shape index (κ3) is 1.11. The molecule has 3 rings (SSSR count). The molecule has 76 valence electrons. The first-order chi connectivity index (χ1) is 7.25. The molecular formula is C11H9NO3. The number of H-pyrrole nitrogens is 1. The molecule has 0 amide bonds. The number of carboxylic acid groups (broad SMARTS) is 1. The van der Waals surface area contributed by atoms with Crippen molar-refractivity contribution in [3.63, 3.8) is 0 Å². The van der Waals surface area contributed by atoms with E-state index in [1.807, 2.05) is 12.1 Å². The first-order valence-electron chi connectivity index (χ1n) is 4.76. The summed E-state index contributed by atoms with van der Waals surface area (Å²) in [5.41, 5.74) is 2.19. The van der Waals surface area contributed by atoms with Crippen LogP contribution in [-0.2, 0) is 6.42 Å². The van der Waals surface area contributed by atoms with Crippen LogP contribution < -0.4 is 4.74 Å². The second-order valence-corrected chi connectivity index (χ2v) is 3.59. The number of carbonyl (C=O) groups is 1. The van der Waals surface area contributed by atoms with Crippen molar-refractivity contribution in [2.24, 2.45) is 0 Å². The third-order valence-corrected chi connectivity index (χ3v) is 2.71. The van der Waals surface area contributed by atoms with Crippen LogP contribution in [0, 0.1) is 0 Å². The maximum Gasteiger partial charge on any atom is 0.352 e. The molecule has 0 spiro atoms. The molecular weight excluding hydrogens is 194 g/mol. The maximum atomic E-state index is 10.8. The lowest BCUT2D eigenvalue weighted by Crippen LogP contribution is -1.94. The van der Waals surface area contributed by atoms with Crippen LogP contribution in [0.2, 0.25) is 0 Å². The van der Waals surface area contributed by atoms with Gasteiger partial charge >= 0.3 is 5.97 Å². The number of aromatic amines is 1. The maximum absolute atomic E-state index is 10.8. The third-order valence-electron chi connectivity index (χ3n) is 2.71. The van der Waals surface area contributed by atoms with Crippen molar-refractivity contribution in [1.29, 1.82) is 0 Å². The number of fused-ring (bicyclic) bond motifs is 3. The fraction of sp³-hybridized carbons (Fsp3) is 0.182. The number of aromatic nitrogens is 1. The van der Waals surface area contributed by atoms with Gasteiger partial charge in [0.1, 0.15) is 11.4 Å². The number of hydrogen-bond donors (Lipinski definition) is 2. The lowest BCUT2D eigenvalue weighted by Gasteiger charge is -1.98. The Morgan fingerprint density at radius 2 is 2.33 bits per heavy atom. The predicted molar refractivity (Wildman–Crippen MR) is 54.5 cm³/mol. The summed E-state index contributed by atoms with van der Waals surface area (Å²) in [7, 11) is 0. The minimum atomic E-state index is -0.932. The molecule has 1 aliphatic rings. The van der Waals surface area contributed by atoms with Gasteiger partial charge in [-0.3, -0.25) is 0 Å². The SMILES string of the molecule is O=C(O)c1cc2c3c(ccc2[nH]1)OCC3. The fourth-order valence-electron chi connectivity index (χ4n) is 2.02. The van der Waals surface area contributed by atoms with E-state index < -0.39 is 5.97 Å². The molecule has 0 unspecified atom stereocenters. The molecule has 2 aromatic rings. The topological polar surface area (TPSA) is 62.3 Å². The van der Waals surface area contributed by atoms with Gasteiger partial charge < -0.3 is 14.8 Å². The van der Waals surface area contributed by atoms with E-state index in [0.29, 0.717) is 6.61 Å². The summed E-state index contributed by atoms with van der Waals surface area (Å²) in [4.78, 5) is 13.7. The molecule has 4 heteroatoms. The highest BCUT2D eigenvalue weighted by Gasteiger charge is 2.17. The predicted octanol–water partition coefficient (Wildman–Crippen LogP) is 1.80. The molecule has 0 bridgehead atoms. The van der Waals surface area contributed by atoms with Gasteiger partial charge in [-0.15, -0.1) is 0 Å². The number of aromatic carboxylic acids is 1. The van der Waals surface area contributed by atoms with Crippen LogP contribution in [0.25, 0.3) is 10.9 Å². The van der Waals surface area contributed by atoms with E-state index in [9.17, 15) is 4.79 Å². The molecule has 0 atom stereocenters. The zero-order valence-corrected chi connectivity index (χ0v) is 7.91. The lowest BCUT2D eigenvalue weighted by atomic mass is 10.1. The highest BCUT2D eigenvalue weighted by molar-refractivity contribution is 5.96. The van der Waals surface area contributed by atoms with E-state index in [4.69, 9.17) is 9.84 Å². The summed E-state index contributed by atoms with van der Waals surface area (Å²) in [6, 6.07) is 5.41. The quantitative estimate of drug-likeness (QED) is 0.742. The second-order valence-electron chi connectivity index (χ2n) is 3.59. The normalized spacial score (nSPS) is 13.9. The van der Waals surface area contributed by atoms with Crippen LogP contribution in [0.5, 0.6) is 5.75 Å². The Balaban J connectivity index is 2.31. The van der Waals surface area contributed by atoms with E-state index in [2.05, 4.69) is 4.98 Å². The Hall–Kier alpha value is -1.97. The van der Waals surface area contributed by atoms with Crippen molar-refractivity contribution in [3.8, 4) is 5.75 Å². The zero-order chi connectivity index (χ0) is 10.4. The molecule has 1 aromatic carbocycles. The van der Waals surface area contributed by atoms with Crippen molar-refractivity contribution in [2.75, 3.05) is 6.61 Å². The number of rotatable bonds is 1. The van der Waals surface area contributed by atoms with Gasteiger partial charge in [0.25, 0.3) is 0 Å². The summed E-state index contributed by atoms with van der Waals surface area (Å²) < 4.78 is 5.41. The zero-order valence-electron chi connectivity index (χ0n) is 7.91. The van der Waals surface area contributed by atoms with Crippen LogP contribution in [-0.4, -0.2) is 22.7 Å². The highest BCUT2D eigenvalue weighted by Crippen LogP contribution is 2.32. The molecule has 0 fully saturated rings. The Bertz CT molecular complexity index is 556. The molecule has 2 heterocycles. The molecule has 0 saturated carbocycles. The Kier molecular flexibility index (Phi) is 1.54. The summed E-state index contributed by atoms with van der Waals surface area (Å²) >= 11 is 0. The molecule has 1 aliphatic heterocycles. The van der Waals surface area contributed by atoms with Crippen LogP contribution in [0.1, 0.15) is 16.1 Å². The van der Waals surface area contributed by atoms with Crippen molar-refractivity contribution in [2.45, 2.75) is 6.42 Å². The Morgan fingerprint density at radius 1 is 1.47 bits per heavy atom. The van der Waals surface area contributed by atoms with Gasteiger partial charge in [-0.2, -0.15) is 0 Å². The fourth-order valence-corrected chi connectivity index (χ4v) is 2.02. The van der Waals surface area contributed by atoms with Gasteiger partial charge in [0.2, 0.25) is 0 Å². The monoisotopic (exact) mass is 203 g/mol. The summed E-state index contributed by atoms with van der Waals surface area (Å²) in [6.45, 7) is 0.683. The number of carboxylic acids is 1. The first-order valence-corrected chi connectivity index (χ1v) is 4.76. The van der Waals surface area contributed by atoms with Crippen molar-refractivity contribution >= 4 is 16.9 Å². The van der Waals surface area contributed by atoms with E-state index in [-0.39, 0.29) is 5.69 Å². The van der Waals surface area contributed by atoms with Crippen LogP contribution in [0.3, 0.4) is 0 Å². The molecule has 0 radical (unpaired) electrons. The van der Waals surface area contributed by atoms with Crippen molar-refractivity contribution in [1.82, 2.24) is 4.98 Å². The molecule has 1 aromatic heterocycles. The molecule has 15 heavy (non-hydrogen) atoms. The van der Waals surface area contributed by atoms with Crippen LogP contribution >= 0.6 is 0 Å². The van der Waals surface area contributed by atoms with Gasteiger partial charge in [-0.25, -0.2) is 4.79 Å². The largest absolute Gasteiger partial charge is 0.493 e. The molecule has 0 aliphatic carbocycles. The molecule has 4 nitrogen and oxygen atoms in total. The van der Waals surface area contributed by atoms with E-state index in [1.54, 1.807) is 6.07 Å². The summed E-state index contributed by atoms with van der Waals surface area (Å²) in [6.07, 6.45) is 0.851. The van der Waals surface area contributed by atoms with E-state index >= 15 is 0 Å². The van der Waals surface area contributed by atoms with Gasteiger partial charge in [0.15, 0.2) is 0 Å². The van der Waals surface area contributed by atoms with Gasteiger partial charge in [-0.1, -0.05) is 0 Å². The lowest BCUT2D eigenvalue weighted by molar-refractivity contribution is 0.0691. The minimum absolute atomic E-state index is 0.227. The second kappa shape index (κ2) is 2.76. The number of nitrogens with one attached hydrogen (secondary N) is 1. The van der Waals surface area contributed by atoms with Gasteiger partial charge in [-0.05, 0) is 18.2 Å². The summed E-state index contributed by atoms with van der Waals surface area (Å²) in [5, 5.41) is 9.83. The van der Waals surface area contributed by atoms with E-state index in [1.165, 1.54) is 0 Å². The van der Waals surface area contributed by atoms with Gasteiger partial charge in [0, 0.05) is 22.9 Å². The van der Waals surface area contributed by atoms with Crippen molar-refractivity contribution < 1.29 is 14.6 Å². The number of benzene rings is 1. The molecule has 0 saturated heterocycles. The Labute approximate surface area is 85.5 Å². The minimum Gasteiger partial charge on any atom is -0.493 e.